The number of anilines is 1. The zero-order valence-electron chi connectivity index (χ0n) is 10.5. The average Bonchev–Trinajstić information content (AvgIpc) is 2.67. The molecule has 0 radical (unpaired) electrons. The Labute approximate surface area is 105 Å². The second kappa shape index (κ2) is 5.10. The molecule has 1 aromatic carbocycles. The molecule has 1 aliphatic heterocycles. The summed E-state index contributed by atoms with van der Waals surface area (Å²) in [6.45, 7) is 1.70. The van der Waals surface area contributed by atoms with Gasteiger partial charge in [0, 0.05) is 12.8 Å². The van der Waals surface area contributed by atoms with E-state index in [-0.39, 0.29) is 5.97 Å². The lowest BCUT2D eigenvalue weighted by Crippen LogP contribution is -2.18. The molecule has 96 valence electrons. The molecule has 0 aliphatic carbocycles. The number of cyclic esters (lactones) is 1. The van der Waals surface area contributed by atoms with E-state index < -0.39 is 6.29 Å². The van der Waals surface area contributed by atoms with Crippen LogP contribution in [-0.4, -0.2) is 26.5 Å². The Morgan fingerprint density at radius 1 is 1.22 bits per heavy atom. The molecule has 0 saturated heterocycles. The lowest BCUT2D eigenvalue weighted by molar-refractivity contribution is -0.155. The topological polar surface area (TPSA) is 56.8 Å². The molecule has 1 atom stereocenters. The van der Waals surface area contributed by atoms with Gasteiger partial charge in [-0.2, -0.15) is 0 Å². The van der Waals surface area contributed by atoms with Gasteiger partial charge < -0.3 is 19.5 Å². The maximum Gasteiger partial charge on any atom is 0.338 e. The lowest BCUT2D eigenvalue weighted by Gasteiger charge is -2.14. The van der Waals surface area contributed by atoms with Crippen LogP contribution >= 0.6 is 0 Å². The Morgan fingerprint density at radius 2 is 1.89 bits per heavy atom. The summed E-state index contributed by atoms with van der Waals surface area (Å²) in [4.78, 5) is 11.4. The van der Waals surface area contributed by atoms with E-state index >= 15 is 0 Å². The number of carbonyl (C=O) groups is 1. The quantitative estimate of drug-likeness (QED) is 0.826. The van der Waals surface area contributed by atoms with Crippen LogP contribution in [-0.2, 0) is 14.3 Å². The van der Waals surface area contributed by atoms with Crippen molar-refractivity contribution in [3.63, 3.8) is 0 Å². The Hall–Kier alpha value is -2.01. The summed E-state index contributed by atoms with van der Waals surface area (Å²) in [5, 5.41) is 3.13. The normalized spacial score (nSPS) is 18.8. The van der Waals surface area contributed by atoms with Gasteiger partial charge in [-0.15, -0.1) is 0 Å². The van der Waals surface area contributed by atoms with Crippen LogP contribution in [0.1, 0.15) is 6.92 Å². The molecule has 1 N–H and O–H groups in total. The maximum absolute atomic E-state index is 11.4. The molecule has 0 amide bonds. The highest BCUT2D eigenvalue weighted by Gasteiger charge is 2.31. The predicted molar refractivity (Wildman–Crippen MR) is 66.2 cm³/mol. The fourth-order valence-electron chi connectivity index (χ4n) is 1.68. The molecule has 1 unspecified atom stereocenters. The molecule has 0 bridgehead atoms. The number of benzene rings is 1. The van der Waals surface area contributed by atoms with E-state index in [0.29, 0.717) is 11.3 Å². The Balaban J connectivity index is 2.19. The minimum absolute atomic E-state index is 0.363. The smallest absolute Gasteiger partial charge is 0.338 e. The van der Waals surface area contributed by atoms with E-state index in [1.165, 1.54) is 7.11 Å². The van der Waals surface area contributed by atoms with Gasteiger partial charge in [-0.25, -0.2) is 4.79 Å². The second-order valence-electron chi connectivity index (χ2n) is 3.87. The summed E-state index contributed by atoms with van der Waals surface area (Å²) < 4.78 is 15.2. The van der Waals surface area contributed by atoms with Gasteiger partial charge in [0.15, 0.2) is 0 Å². The number of ether oxygens (including phenoxy) is 3. The first kappa shape index (κ1) is 12.4. The van der Waals surface area contributed by atoms with Gasteiger partial charge in [-0.1, -0.05) is 0 Å². The van der Waals surface area contributed by atoms with Crippen molar-refractivity contribution in [1.29, 1.82) is 0 Å². The molecule has 1 aromatic rings. The van der Waals surface area contributed by atoms with E-state index in [2.05, 4.69) is 5.32 Å². The number of nitrogens with one attached hydrogen (secondary N) is 1. The Morgan fingerprint density at radius 3 is 2.44 bits per heavy atom. The first-order chi connectivity index (χ1) is 8.65. The molecule has 5 heteroatoms. The van der Waals surface area contributed by atoms with Crippen LogP contribution < -0.4 is 10.1 Å². The summed E-state index contributed by atoms with van der Waals surface area (Å²) >= 11 is 0. The molecule has 0 aromatic heterocycles. The molecule has 0 fully saturated rings. The third-order valence-electron chi connectivity index (χ3n) is 2.74. The van der Waals surface area contributed by atoms with Crippen molar-refractivity contribution in [3.05, 3.63) is 35.5 Å². The molecular weight excluding hydrogens is 234 g/mol. The van der Waals surface area contributed by atoms with Crippen LogP contribution in [0.5, 0.6) is 5.75 Å². The van der Waals surface area contributed by atoms with Crippen LogP contribution in [0.15, 0.2) is 35.5 Å². The summed E-state index contributed by atoms with van der Waals surface area (Å²) in [6.07, 6.45) is -0.667. The van der Waals surface area contributed by atoms with Gasteiger partial charge in [0.05, 0.1) is 18.4 Å². The fraction of sp³-hybridized carbons (Fsp3) is 0.308. The van der Waals surface area contributed by atoms with Gasteiger partial charge in [0.25, 0.3) is 0 Å². The predicted octanol–water partition coefficient (Wildman–Crippen LogP) is 1.91. The van der Waals surface area contributed by atoms with Crippen LogP contribution in [0.4, 0.5) is 5.69 Å². The van der Waals surface area contributed by atoms with Crippen molar-refractivity contribution in [2.45, 2.75) is 13.2 Å². The van der Waals surface area contributed by atoms with Crippen molar-refractivity contribution in [2.24, 2.45) is 0 Å². The van der Waals surface area contributed by atoms with Crippen molar-refractivity contribution < 1.29 is 19.0 Å². The molecule has 18 heavy (non-hydrogen) atoms. The van der Waals surface area contributed by atoms with Gasteiger partial charge in [-0.3, -0.25) is 0 Å². The highest BCUT2D eigenvalue weighted by atomic mass is 16.7. The standard InChI is InChI=1S/C13H15NO4/c1-8-11(13(17-3)18-12(8)15)14-9-4-6-10(16-2)7-5-9/h4-7,13-14H,1-3H3. The van der Waals surface area contributed by atoms with Crippen LogP contribution in [0.3, 0.4) is 0 Å². The monoisotopic (exact) mass is 249 g/mol. The average molecular weight is 249 g/mol. The van der Waals surface area contributed by atoms with Gasteiger partial charge in [0.1, 0.15) is 5.75 Å². The minimum atomic E-state index is -0.667. The van der Waals surface area contributed by atoms with Gasteiger partial charge >= 0.3 is 5.97 Å². The molecule has 0 spiro atoms. The highest BCUT2D eigenvalue weighted by Crippen LogP contribution is 2.25. The molecule has 2 rings (SSSR count). The van der Waals surface area contributed by atoms with Crippen LogP contribution in [0, 0.1) is 0 Å². The third kappa shape index (κ3) is 2.31. The van der Waals surface area contributed by atoms with Gasteiger partial charge in [-0.05, 0) is 31.2 Å². The minimum Gasteiger partial charge on any atom is -0.497 e. The summed E-state index contributed by atoms with van der Waals surface area (Å²) in [5.74, 6) is 0.408. The van der Waals surface area contributed by atoms with Crippen LogP contribution in [0.25, 0.3) is 0 Å². The molecule has 1 heterocycles. The highest BCUT2D eigenvalue weighted by molar-refractivity contribution is 5.92. The second-order valence-corrected chi connectivity index (χ2v) is 3.87. The molecular formula is C13H15NO4. The Kier molecular flexibility index (Phi) is 3.53. The number of hydrogen-bond acceptors (Lipinski definition) is 5. The molecule has 5 nitrogen and oxygen atoms in total. The van der Waals surface area contributed by atoms with Crippen molar-refractivity contribution in [2.75, 3.05) is 19.5 Å². The zero-order valence-corrected chi connectivity index (χ0v) is 10.5. The number of carbonyl (C=O) groups excluding carboxylic acids is 1. The van der Waals surface area contributed by atoms with Crippen molar-refractivity contribution in [3.8, 4) is 5.75 Å². The Bertz CT molecular complexity index is 478. The summed E-state index contributed by atoms with van der Waals surface area (Å²) in [6, 6.07) is 7.37. The van der Waals surface area contributed by atoms with E-state index in [1.54, 1.807) is 14.0 Å². The van der Waals surface area contributed by atoms with E-state index in [1.807, 2.05) is 24.3 Å². The zero-order chi connectivity index (χ0) is 13.1. The van der Waals surface area contributed by atoms with Crippen molar-refractivity contribution in [1.82, 2.24) is 0 Å². The van der Waals surface area contributed by atoms with Crippen LogP contribution in [0.2, 0.25) is 0 Å². The SMILES string of the molecule is COc1ccc(NC2=C(C)C(=O)OC2OC)cc1. The van der Waals surface area contributed by atoms with E-state index in [9.17, 15) is 4.79 Å². The summed E-state index contributed by atoms with van der Waals surface area (Å²) in [5.41, 5.74) is 2.00. The van der Waals surface area contributed by atoms with Gasteiger partial charge in [0.2, 0.25) is 6.29 Å². The first-order valence-electron chi connectivity index (χ1n) is 5.51. The lowest BCUT2D eigenvalue weighted by atomic mass is 10.2. The van der Waals surface area contributed by atoms with Crippen molar-refractivity contribution >= 4 is 11.7 Å². The maximum atomic E-state index is 11.4. The fourth-order valence-corrected chi connectivity index (χ4v) is 1.68. The summed E-state index contributed by atoms with van der Waals surface area (Å²) in [7, 11) is 3.10. The third-order valence-corrected chi connectivity index (χ3v) is 2.74. The number of rotatable bonds is 4. The molecule has 0 saturated carbocycles. The van der Waals surface area contributed by atoms with E-state index in [4.69, 9.17) is 14.2 Å². The number of methoxy groups -OCH3 is 2. The number of hydrogen-bond donors (Lipinski definition) is 1. The first-order valence-corrected chi connectivity index (χ1v) is 5.51. The number of esters is 1. The largest absolute Gasteiger partial charge is 0.497 e. The molecule has 1 aliphatic rings. The van der Waals surface area contributed by atoms with E-state index in [0.717, 1.165) is 11.4 Å².